The Bertz CT molecular complexity index is 1010. The Kier molecular flexibility index (Phi) is 5.51. The second kappa shape index (κ2) is 8.39. The minimum Gasteiger partial charge on any atom is -0.338 e. The lowest BCUT2D eigenvalue weighted by Gasteiger charge is -2.32. The molecule has 1 amide bonds. The van der Waals surface area contributed by atoms with Gasteiger partial charge in [0.25, 0.3) is 5.91 Å². The number of halogens is 1. The molecule has 2 aromatic carbocycles. The van der Waals surface area contributed by atoms with Crippen LogP contribution in [0.4, 0.5) is 16.0 Å². The molecule has 5 nitrogen and oxygen atoms in total. The van der Waals surface area contributed by atoms with E-state index in [-0.39, 0.29) is 17.6 Å². The largest absolute Gasteiger partial charge is 0.338 e. The van der Waals surface area contributed by atoms with Crippen molar-refractivity contribution in [3.8, 4) is 0 Å². The topological polar surface area (TPSA) is 58.1 Å². The molecule has 148 valence electrons. The van der Waals surface area contributed by atoms with Crippen LogP contribution in [0.1, 0.15) is 40.4 Å². The second-order valence-electron chi connectivity index (χ2n) is 7.40. The van der Waals surface area contributed by atoms with Gasteiger partial charge >= 0.3 is 0 Å². The number of likely N-dealkylation sites (tertiary alicyclic amines) is 1. The van der Waals surface area contributed by atoms with Gasteiger partial charge in [0, 0.05) is 36.5 Å². The first-order valence-corrected chi connectivity index (χ1v) is 9.80. The number of carbonyl (C=O) groups excluding carboxylic acids is 1. The van der Waals surface area contributed by atoms with Crippen molar-refractivity contribution in [2.24, 2.45) is 0 Å². The van der Waals surface area contributed by atoms with Crippen molar-refractivity contribution in [1.82, 2.24) is 14.9 Å². The Labute approximate surface area is 169 Å². The molecule has 1 aliphatic heterocycles. The molecule has 4 rings (SSSR count). The number of hydrogen-bond donors (Lipinski definition) is 1. The lowest BCUT2D eigenvalue weighted by atomic mass is 9.94. The fraction of sp³-hybridized carbons (Fsp3) is 0.261. The summed E-state index contributed by atoms with van der Waals surface area (Å²) in [4.78, 5) is 23.6. The quantitative estimate of drug-likeness (QED) is 0.702. The summed E-state index contributed by atoms with van der Waals surface area (Å²) in [6, 6.07) is 15.7. The molecule has 29 heavy (non-hydrogen) atoms. The van der Waals surface area contributed by atoms with Crippen molar-refractivity contribution in [3.05, 3.63) is 83.4 Å². The van der Waals surface area contributed by atoms with Crippen molar-refractivity contribution < 1.29 is 9.18 Å². The van der Waals surface area contributed by atoms with Crippen molar-refractivity contribution >= 4 is 17.5 Å². The Hall–Kier alpha value is -3.28. The van der Waals surface area contributed by atoms with Gasteiger partial charge in [0.1, 0.15) is 5.82 Å². The third-order valence-corrected chi connectivity index (χ3v) is 5.17. The lowest BCUT2D eigenvalue weighted by molar-refractivity contribution is 0.0706. The van der Waals surface area contributed by atoms with Crippen LogP contribution in [0.2, 0.25) is 0 Å². The van der Waals surface area contributed by atoms with E-state index in [2.05, 4.69) is 15.3 Å². The molecular formula is C23H23FN4O. The van der Waals surface area contributed by atoms with E-state index in [1.807, 2.05) is 42.2 Å². The van der Waals surface area contributed by atoms with Gasteiger partial charge in [0.2, 0.25) is 5.95 Å². The van der Waals surface area contributed by atoms with E-state index in [0.717, 1.165) is 29.8 Å². The average Bonchev–Trinajstić information content (AvgIpc) is 2.74. The molecule has 1 fully saturated rings. The average molecular weight is 390 g/mol. The highest BCUT2D eigenvalue weighted by Gasteiger charge is 2.26. The van der Waals surface area contributed by atoms with Crippen molar-refractivity contribution in [1.29, 1.82) is 0 Å². The van der Waals surface area contributed by atoms with Gasteiger partial charge in [-0.2, -0.15) is 0 Å². The van der Waals surface area contributed by atoms with Crippen LogP contribution in [-0.4, -0.2) is 33.9 Å². The maximum atomic E-state index is 13.1. The standard InChI is InChI=1S/C23H23FN4O/c1-16-4-2-6-20(14-16)26-23-25-12-11-21(27-23)18-5-3-13-28(15-18)22(29)17-7-9-19(24)10-8-17/h2,4,6-12,14,18H,3,5,13,15H2,1H3,(H,25,26,27)/t18-/m1/s1. The Morgan fingerprint density at radius 2 is 2.00 bits per heavy atom. The van der Waals surface area contributed by atoms with E-state index in [1.54, 1.807) is 6.20 Å². The molecule has 1 atom stereocenters. The Morgan fingerprint density at radius 1 is 1.17 bits per heavy atom. The number of hydrogen-bond acceptors (Lipinski definition) is 4. The molecule has 1 saturated heterocycles. The summed E-state index contributed by atoms with van der Waals surface area (Å²) in [6.45, 7) is 3.33. The first-order chi connectivity index (χ1) is 14.1. The van der Waals surface area contributed by atoms with E-state index in [1.165, 1.54) is 24.3 Å². The minimum absolute atomic E-state index is 0.0677. The van der Waals surface area contributed by atoms with E-state index in [4.69, 9.17) is 0 Å². The minimum atomic E-state index is -0.340. The Balaban J connectivity index is 1.48. The van der Waals surface area contributed by atoms with Crippen LogP contribution in [-0.2, 0) is 0 Å². The number of rotatable bonds is 4. The number of nitrogens with zero attached hydrogens (tertiary/aromatic N) is 3. The number of amides is 1. The molecule has 0 saturated carbocycles. The van der Waals surface area contributed by atoms with Crippen molar-refractivity contribution in [2.45, 2.75) is 25.7 Å². The number of piperidine rings is 1. The third-order valence-electron chi connectivity index (χ3n) is 5.17. The second-order valence-corrected chi connectivity index (χ2v) is 7.40. The molecule has 1 aliphatic rings. The molecule has 0 unspecified atom stereocenters. The van der Waals surface area contributed by atoms with E-state index >= 15 is 0 Å². The summed E-state index contributed by atoms with van der Waals surface area (Å²) in [5, 5.41) is 3.25. The predicted molar refractivity (Wildman–Crippen MR) is 111 cm³/mol. The van der Waals surface area contributed by atoms with Crippen LogP contribution in [0.3, 0.4) is 0 Å². The molecule has 0 aliphatic carbocycles. The Morgan fingerprint density at radius 3 is 2.79 bits per heavy atom. The van der Waals surface area contributed by atoms with Crippen molar-refractivity contribution in [2.75, 3.05) is 18.4 Å². The van der Waals surface area contributed by atoms with Gasteiger partial charge in [0.05, 0.1) is 5.69 Å². The number of benzene rings is 2. The van der Waals surface area contributed by atoms with Crippen LogP contribution in [0, 0.1) is 12.7 Å². The van der Waals surface area contributed by atoms with Gasteiger partial charge in [-0.05, 0) is 67.8 Å². The molecule has 2 heterocycles. The fourth-order valence-electron chi connectivity index (χ4n) is 3.69. The monoisotopic (exact) mass is 390 g/mol. The zero-order valence-corrected chi connectivity index (χ0v) is 16.3. The third kappa shape index (κ3) is 4.59. The van der Waals surface area contributed by atoms with E-state index in [9.17, 15) is 9.18 Å². The first kappa shape index (κ1) is 19.1. The van der Waals surface area contributed by atoms with Crippen LogP contribution in [0.5, 0.6) is 0 Å². The molecule has 0 bridgehead atoms. The molecule has 1 aromatic heterocycles. The molecule has 6 heteroatoms. The zero-order chi connectivity index (χ0) is 20.2. The molecule has 1 N–H and O–H groups in total. The normalized spacial score (nSPS) is 16.5. The molecule has 0 spiro atoms. The first-order valence-electron chi connectivity index (χ1n) is 9.80. The maximum absolute atomic E-state index is 13.1. The highest BCUT2D eigenvalue weighted by molar-refractivity contribution is 5.94. The number of anilines is 2. The number of aromatic nitrogens is 2. The SMILES string of the molecule is Cc1cccc(Nc2nccc([C@@H]3CCCN(C(=O)c4ccc(F)cc4)C3)n2)c1. The summed E-state index contributed by atoms with van der Waals surface area (Å²) in [5.74, 6) is 0.291. The smallest absolute Gasteiger partial charge is 0.253 e. The van der Waals surface area contributed by atoms with Gasteiger partial charge in [-0.25, -0.2) is 14.4 Å². The highest BCUT2D eigenvalue weighted by atomic mass is 19.1. The van der Waals surface area contributed by atoms with Crippen LogP contribution >= 0.6 is 0 Å². The number of nitrogens with one attached hydrogen (secondary N) is 1. The van der Waals surface area contributed by atoms with Gasteiger partial charge in [-0.15, -0.1) is 0 Å². The predicted octanol–water partition coefficient (Wildman–Crippen LogP) is 4.69. The van der Waals surface area contributed by atoms with Gasteiger partial charge < -0.3 is 10.2 Å². The summed E-state index contributed by atoms with van der Waals surface area (Å²) < 4.78 is 13.1. The summed E-state index contributed by atoms with van der Waals surface area (Å²) in [6.07, 6.45) is 3.62. The molecular weight excluding hydrogens is 367 g/mol. The highest BCUT2D eigenvalue weighted by Crippen LogP contribution is 2.27. The van der Waals surface area contributed by atoms with Gasteiger partial charge in [0.15, 0.2) is 0 Å². The van der Waals surface area contributed by atoms with Crippen LogP contribution < -0.4 is 5.32 Å². The maximum Gasteiger partial charge on any atom is 0.253 e. The zero-order valence-electron chi connectivity index (χ0n) is 16.3. The summed E-state index contributed by atoms with van der Waals surface area (Å²) >= 11 is 0. The lowest BCUT2D eigenvalue weighted by Crippen LogP contribution is -2.39. The number of carbonyl (C=O) groups is 1. The van der Waals surface area contributed by atoms with Crippen molar-refractivity contribution in [3.63, 3.8) is 0 Å². The number of aryl methyl sites for hydroxylation is 1. The van der Waals surface area contributed by atoms with Crippen LogP contribution in [0.25, 0.3) is 0 Å². The fourth-order valence-corrected chi connectivity index (χ4v) is 3.69. The van der Waals surface area contributed by atoms with E-state index in [0.29, 0.717) is 24.6 Å². The van der Waals surface area contributed by atoms with Gasteiger partial charge in [-0.1, -0.05) is 12.1 Å². The van der Waals surface area contributed by atoms with Gasteiger partial charge in [-0.3, -0.25) is 4.79 Å². The van der Waals surface area contributed by atoms with Crippen LogP contribution in [0.15, 0.2) is 60.8 Å². The summed E-state index contributed by atoms with van der Waals surface area (Å²) in [7, 11) is 0. The molecule has 0 radical (unpaired) electrons. The van der Waals surface area contributed by atoms with E-state index < -0.39 is 0 Å². The summed E-state index contributed by atoms with van der Waals surface area (Å²) in [5.41, 5.74) is 3.54. The molecule has 3 aromatic rings.